The van der Waals surface area contributed by atoms with Gasteiger partial charge in [0, 0.05) is 17.5 Å². The number of hydrogen-bond donors (Lipinski definition) is 1. The van der Waals surface area contributed by atoms with E-state index in [2.05, 4.69) is 27.4 Å². The molecule has 2 aromatic heterocycles. The number of nitrogens with zero attached hydrogens (tertiary/aromatic N) is 2. The van der Waals surface area contributed by atoms with Crippen molar-refractivity contribution in [2.75, 3.05) is 5.32 Å². The lowest BCUT2D eigenvalue weighted by Gasteiger charge is -2.12. The molecule has 4 heteroatoms. The first-order valence-corrected chi connectivity index (χ1v) is 7.50. The normalized spacial score (nSPS) is 16.9. The lowest BCUT2D eigenvalue weighted by molar-refractivity contribution is -0.116. The Morgan fingerprint density at radius 3 is 2.91 bits per heavy atom. The molecule has 2 heterocycles. The summed E-state index contributed by atoms with van der Waals surface area (Å²) >= 11 is 0. The zero-order valence-corrected chi connectivity index (χ0v) is 12.8. The predicted octanol–water partition coefficient (Wildman–Crippen LogP) is 3.71. The Morgan fingerprint density at radius 2 is 2.14 bits per heavy atom. The minimum atomic E-state index is -0.0128. The van der Waals surface area contributed by atoms with Gasteiger partial charge in [-0.3, -0.25) is 4.79 Å². The van der Waals surface area contributed by atoms with E-state index in [0.717, 1.165) is 23.1 Å². The summed E-state index contributed by atoms with van der Waals surface area (Å²) in [5.41, 5.74) is 2.75. The molecule has 0 spiro atoms. The van der Waals surface area contributed by atoms with Crippen molar-refractivity contribution in [3.05, 3.63) is 53.8 Å². The number of hydrogen-bond acceptors (Lipinski definition) is 3. The minimum absolute atomic E-state index is 0.0128. The average Bonchev–Trinajstić information content (AvgIpc) is 2.47. The fourth-order valence-corrected chi connectivity index (χ4v) is 2.72. The van der Waals surface area contributed by atoms with Gasteiger partial charge in [-0.1, -0.05) is 24.3 Å². The van der Waals surface area contributed by atoms with Crippen LogP contribution in [0.1, 0.15) is 24.1 Å². The third-order valence-electron chi connectivity index (χ3n) is 3.79. The molecule has 112 valence electrons. The van der Waals surface area contributed by atoms with E-state index in [1.165, 1.54) is 0 Å². The van der Waals surface area contributed by atoms with Gasteiger partial charge < -0.3 is 5.32 Å². The molecule has 0 aliphatic heterocycles. The largest absolute Gasteiger partial charge is 0.311 e. The van der Waals surface area contributed by atoms with Crippen LogP contribution in [-0.4, -0.2) is 15.9 Å². The zero-order chi connectivity index (χ0) is 15.5. The molecule has 0 saturated heterocycles. The minimum Gasteiger partial charge on any atom is -0.311 e. The summed E-state index contributed by atoms with van der Waals surface area (Å²) in [5.74, 6) is 0.819. The molecule has 0 fully saturated rings. The fourth-order valence-electron chi connectivity index (χ4n) is 2.72. The molecule has 1 N–H and O–H groups in total. The fraction of sp³-hybridized carbons (Fsp3) is 0.278. The molecule has 0 radical (unpaired) electrons. The number of anilines is 1. The second kappa shape index (κ2) is 6.10. The van der Waals surface area contributed by atoms with Gasteiger partial charge in [-0.25, -0.2) is 9.97 Å². The van der Waals surface area contributed by atoms with Gasteiger partial charge in [0.25, 0.3) is 0 Å². The third-order valence-corrected chi connectivity index (χ3v) is 3.79. The van der Waals surface area contributed by atoms with Crippen molar-refractivity contribution in [2.45, 2.75) is 26.7 Å². The van der Waals surface area contributed by atoms with Crippen LogP contribution in [0.5, 0.6) is 0 Å². The Hall–Kier alpha value is -2.49. The molecular weight excluding hydrogens is 274 g/mol. The Balaban J connectivity index is 1.74. The van der Waals surface area contributed by atoms with E-state index in [-0.39, 0.29) is 11.8 Å². The first-order chi connectivity index (χ1) is 10.6. The molecule has 1 unspecified atom stereocenters. The summed E-state index contributed by atoms with van der Waals surface area (Å²) in [6.07, 6.45) is 9.54. The highest BCUT2D eigenvalue weighted by Crippen LogP contribution is 2.20. The standard InChI is InChI=1S/C18H19N3O/c1-12-10-13(2)19-18-15(12)8-9-16(21-18)20-17(22)11-14-6-4-3-5-7-14/h3-6,8-10,14H,7,11H2,1-2H3,(H,19,20,21,22). The summed E-state index contributed by atoms with van der Waals surface area (Å²) in [7, 11) is 0. The van der Waals surface area contributed by atoms with Crippen LogP contribution < -0.4 is 5.32 Å². The van der Waals surface area contributed by atoms with Gasteiger partial charge in [-0.05, 0) is 49.9 Å². The van der Waals surface area contributed by atoms with E-state index in [9.17, 15) is 4.79 Å². The van der Waals surface area contributed by atoms with Crippen LogP contribution in [0, 0.1) is 19.8 Å². The van der Waals surface area contributed by atoms with Gasteiger partial charge in [-0.2, -0.15) is 0 Å². The van der Waals surface area contributed by atoms with Gasteiger partial charge in [0.2, 0.25) is 5.91 Å². The van der Waals surface area contributed by atoms with E-state index in [4.69, 9.17) is 0 Å². The van der Waals surface area contributed by atoms with E-state index in [0.29, 0.717) is 17.9 Å². The van der Waals surface area contributed by atoms with Crippen molar-refractivity contribution in [1.29, 1.82) is 0 Å². The molecule has 2 aromatic rings. The second-order valence-electron chi connectivity index (χ2n) is 5.71. The number of aromatic nitrogens is 2. The number of allylic oxidation sites excluding steroid dienone is 4. The Morgan fingerprint density at radius 1 is 1.27 bits per heavy atom. The number of pyridine rings is 2. The first kappa shape index (κ1) is 14.4. The van der Waals surface area contributed by atoms with Gasteiger partial charge in [-0.15, -0.1) is 0 Å². The second-order valence-corrected chi connectivity index (χ2v) is 5.71. The highest BCUT2D eigenvalue weighted by Gasteiger charge is 2.12. The van der Waals surface area contributed by atoms with Crippen molar-refractivity contribution in [1.82, 2.24) is 9.97 Å². The number of fused-ring (bicyclic) bond motifs is 1. The number of aryl methyl sites for hydroxylation is 2. The zero-order valence-electron chi connectivity index (χ0n) is 12.8. The number of rotatable bonds is 3. The van der Waals surface area contributed by atoms with Crippen LogP contribution in [0.4, 0.5) is 5.82 Å². The summed E-state index contributed by atoms with van der Waals surface area (Å²) in [5, 5.41) is 3.89. The summed E-state index contributed by atoms with van der Waals surface area (Å²) in [6, 6.07) is 5.83. The number of carbonyl (C=O) groups is 1. The quantitative estimate of drug-likeness (QED) is 0.938. The van der Waals surface area contributed by atoms with E-state index in [1.54, 1.807) is 0 Å². The summed E-state index contributed by atoms with van der Waals surface area (Å²) in [6.45, 7) is 3.99. The van der Waals surface area contributed by atoms with Crippen LogP contribution in [-0.2, 0) is 4.79 Å². The van der Waals surface area contributed by atoms with Crippen LogP contribution in [0.3, 0.4) is 0 Å². The molecule has 22 heavy (non-hydrogen) atoms. The molecule has 4 nitrogen and oxygen atoms in total. The van der Waals surface area contributed by atoms with Crippen LogP contribution in [0.25, 0.3) is 11.0 Å². The average molecular weight is 293 g/mol. The van der Waals surface area contributed by atoms with Crippen LogP contribution in [0.2, 0.25) is 0 Å². The molecule has 3 rings (SSSR count). The van der Waals surface area contributed by atoms with E-state index in [1.807, 2.05) is 44.2 Å². The molecular formula is C18H19N3O. The highest BCUT2D eigenvalue weighted by molar-refractivity contribution is 5.91. The number of nitrogens with one attached hydrogen (secondary N) is 1. The first-order valence-electron chi connectivity index (χ1n) is 7.50. The number of carbonyl (C=O) groups excluding carboxylic acids is 1. The maximum Gasteiger partial charge on any atom is 0.226 e. The van der Waals surface area contributed by atoms with Crippen molar-refractivity contribution in [2.24, 2.45) is 5.92 Å². The van der Waals surface area contributed by atoms with Gasteiger partial charge >= 0.3 is 0 Å². The third kappa shape index (κ3) is 3.22. The van der Waals surface area contributed by atoms with Crippen LogP contribution >= 0.6 is 0 Å². The summed E-state index contributed by atoms with van der Waals surface area (Å²) < 4.78 is 0. The lowest BCUT2D eigenvalue weighted by atomic mass is 9.97. The smallest absolute Gasteiger partial charge is 0.226 e. The maximum atomic E-state index is 12.1. The number of amides is 1. The summed E-state index contributed by atoms with van der Waals surface area (Å²) in [4.78, 5) is 21.0. The predicted molar refractivity (Wildman–Crippen MR) is 88.6 cm³/mol. The molecule has 0 aromatic carbocycles. The van der Waals surface area contributed by atoms with Gasteiger partial charge in [0.15, 0.2) is 5.65 Å². The van der Waals surface area contributed by atoms with E-state index < -0.39 is 0 Å². The maximum absolute atomic E-state index is 12.1. The van der Waals surface area contributed by atoms with Gasteiger partial charge in [0.05, 0.1) is 0 Å². The Bertz CT molecular complexity index is 777. The molecule has 1 aliphatic carbocycles. The van der Waals surface area contributed by atoms with Crippen molar-refractivity contribution in [3.8, 4) is 0 Å². The SMILES string of the molecule is Cc1cc(C)c2ccc(NC(=O)CC3C=CC=CC3)nc2n1. The molecule has 1 amide bonds. The van der Waals surface area contributed by atoms with Crippen molar-refractivity contribution >= 4 is 22.8 Å². The van der Waals surface area contributed by atoms with Crippen molar-refractivity contribution in [3.63, 3.8) is 0 Å². The van der Waals surface area contributed by atoms with Gasteiger partial charge in [0.1, 0.15) is 5.82 Å². The van der Waals surface area contributed by atoms with E-state index >= 15 is 0 Å². The Kier molecular flexibility index (Phi) is 4.00. The lowest BCUT2D eigenvalue weighted by Crippen LogP contribution is -2.16. The molecule has 1 atom stereocenters. The highest BCUT2D eigenvalue weighted by atomic mass is 16.1. The monoisotopic (exact) mass is 293 g/mol. The van der Waals surface area contributed by atoms with Crippen molar-refractivity contribution < 1.29 is 4.79 Å². The molecule has 1 aliphatic rings. The topological polar surface area (TPSA) is 54.9 Å². The molecule has 0 bridgehead atoms. The Labute approximate surface area is 130 Å². The molecule has 0 saturated carbocycles. The van der Waals surface area contributed by atoms with Crippen LogP contribution in [0.15, 0.2) is 42.5 Å².